The van der Waals surface area contributed by atoms with Gasteiger partial charge in [-0.2, -0.15) is 0 Å². The van der Waals surface area contributed by atoms with Crippen LogP contribution >= 0.6 is 0 Å². The molecule has 5 nitrogen and oxygen atoms in total. The van der Waals surface area contributed by atoms with Crippen LogP contribution < -0.4 is 20.5 Å². The molecular weight excluding hydrogens is 232 g/mol. The van der Waals surface area contributed by atoms with Gasteiger partial charge >= 0.3 is 6.03 Å². The van der Waals surface area contributed by atoms with Crippen molar-refractivity contribution in [3.8, 4) is 11.5 Å². The van der Waals surface area contributed by atoms with Crippen LogP contribution in [0.3, 0.4) is 0 Å². The van der Waals surface area contributed by atoms with Crippen LogP contribution in [0.4, 0.5) is 4.79 Å². The van der Waals surface area contributed by atoms with Crippen LogP contribution in [0.15, 0.2) is 18.2 Å². The summed E-state index contributed by atoms with van der Waals surface area (Å²) in [7, 11) is 3.19. The fourth-order valence-electron chi connectivity index (χ4n) is 1.67. The van der Waals surface area contributed by atoms with E-state index < -0.39 is 6.03 Å². The van der Waals surface area contributed by atoms with E-state index in [2.05, 4.69) is 5.32 Å². The Bertz CT molecular complexity index is 430. The summed E-state index contributed by atoms with van der Waals surface area (Å²) in [5.74, 6) is 1.35. The van der Waals surface area contributed by atoms with Gasteiger partial charge in [-0.3, -0.25) is 0 Å². The van der Waals surface area contributed by atoms with E-state index in [1.807, 2.05) is 32.0 Å². The van der Waals surface area contributed by atoms with E-state index in [0.717, 1.165) is 5.56 Å². The Morgan fingerprint density at radius 3 is 2.39 bits per heavy atom. The standard InChI is InChI=1S/C13H20N2O3/c1-13(2,8-15-12(14)16)9-5-6-10(17-3)11(7-9)18-4/h5-7H,8H2,1-4H3,(H3,14,15,16). The highest BCUT2D eigenvalue weighted by atomic mass is 16.5. The van der Waals surface area contributed by atoms with Crippen molar-refractivity contribution in [1.29, 1.82) is 0 Å². The number of ether oxygens (including phenoxy) is 2. The fourth-order valence-corrected chi connectivity index (χ4v) is 1.67. The summed E-state index contributed by atoms with van der Waals surface area (Å²) in [4.78, 5) is 10.8. The molecule has 0 aliphatic carbocycles. The summed E-state index contributed by atoms with van der Waals surface area (Å²) in [5, 5.41) is 2.62. The van der Waals surface area contributed by atoms with Gasteiger partial charge in [-0.15, -0.1) is 0 Å². The fraction of sp³-hybridized carbons (Fsp3) is 0.462. The highest BCUT2D eigenvalue weighted by Gasteiger charge is 2.22. The average Bonchev–Trinajstić information content (AvgIpc) is 2.35. The predicted octanol–water partition coefficient (Wildman–Crippen LogP) is 1.65. The molecule has 18 heavy (non-hydrogen) atoms. The second kappa shape index (κ2) is 5.62. The summed E-state index contributed by atoms with van der Waals surface area (Å²) in [5.41, 5.74) is 5.88. The maximum atomic E-state index is 10.8. The molecule has 0 bridgehead atoms. The number of urea groups is 1. The number of hydrogen-bond acceptors (Lipinski definition) is 3. The van der Waals surface area contributed by atoms with E-state index in [-0.39, 0.29) is 5.41 Å². The van der Waals surface area contributed by atoms with Crippen molar-refractivity contribution in [1.82, 2.24) is 5.32 Å². The van der Waals surface area contributed by atoms with Gasteiger partial charge in [0.25, 0.3) is 0 Å². The molecule has 0 spiro atoms. The first-order valence-corrected chi connectivity index (χ1v) is 5.66. The van der Waals surface area contributed by atoms with Crippen molar-refractivity contribution in [3.63, 3.8) is 0 Å². The molecule has 100 valence electrons. The molecule has 0 aromatic heterocycles. The molecule has 0 aliphatic heterocycles. The molecule has 2 amide bonds. The smallest absolute Gasteiger partial charge is 0.312 e. The summed E-state index contributed by atoms with van der Waals surface area (Å²) in [6.07, 6.45) is 0. The van der Waals surface area contributed by atoms with Gasteiger partial charge in [0, 0.05) is 12.0 Å². The second-order valence-corrected chi connectivity index (χ2v) is 4.67. The second-order valence-electron chi connectivity index (χ2n) is 4.67. The summed E-state index contributed by atoms with van der Waals surface area (Å²) < 4.78 is 10.4. The van der Waals surface area contributed by atoms with Crippen LogP contribution in [0, 0.1) is 0 Å². The summed E-state index contributed by atoms with van der Waals surface area (Å²) in [6, 6.07) is 5.18. The molecule has 0 aliphatic rings. The Balaban J connectivity index is 2.97. The number of benzene rings is 1. The first-order valence-electron chi connectivity index (χ1n) is 5.66. The summed E-state index contributed by atoms with van der Waals surface area (Å²) in [6.45, 7) is 4.49. The number of primary amides is 1. The number of hydrogen-bond donors (Lipinski definition) is 2. The molecule has 0 saturated carbocycles. The van der Waals surface area contributed by atoms with Crippen molar-refractivity contribution in [2.75, 3.05) is 20.8 Å². The van der Waals surface area contributed by atoms with E-state index in [4.69, 9.17) is 15.2 Å². The lowest BCUT2D eigenvalue weighted by molar-refractivity contribution is 0.246. The Kier molecular flexibility index (Phi) is 4.42. The number of carbonyl (C=O) groups is 1. The SMILES string of the molecule is COc1ccc(C(C)(C)CNC(N)=O)cc1OC. The number of nitrogens with one attached hydrogen (secondary N) is 1. The van der Waals surface area contributed by atoms with Crippen LogP contribution in [-0.4, -0.2) is 26.8 Å². The van der Waals surface area contributed by atoms with Gasteiger partial charge in [-0.05, 0) is 17.7 Å². The van der Waals surface area contributed by atoms with E-state index in [9.17, 15) is 4.79 Å². The molecule has 0 saturated heterocycles. The minimum Gasteiger partial charge on any atom is -0.493 e. The Morgan fingerprint density at radius 2 is 1.89 bits per heavy atom. The molecule has 1 rings (SSSR count). The Labute approximate surface area is 107 Å². The van der Waals surface area contributed by atoms with Crippen molar-refractivity contribution >= 4 is 6.03 Å². The van der Waals surface area contributed by atoms with E-state index in [1.54, 1.807) is 14.2 Å². The minimum atomic E-state index is -0.524. The molecule has 3 N–H and O–H groups in total. The maximum absolute atomic E-state index is 10.8. The number of methoxy groups -OCH3 is 2. The number of amides is 2. The Morgan fingerprint density at radius 1 is 1.28 bits per heavy atom. The third kappa shape index (κ3) is 3.29. The van der Waals surface area contributed by atoms with Crippen LogP contribution in [0.2, 0.25) is 0 Å². The quantitative estimate of drug-likeness (QED) is 0.836. The van der Waals surface area contributed by atoms with Crippen molar-refractivity contribution in [3.05, 3.63) is 23.8 Å². The van der Waals surface area contributed by atoms with Gasteiger partial charge in [0.1, 0.15) is 0 Å². The molecule has 0 atom stereocenters. The van der Waals surface area contributed by atoms with Gasteiger partial charge in [0.05, 0.1) is 14.2 Å². The topological polar surface area (TPSA) is 73.6 Å². The van der Waals surface area contributed by atoms with Gasteiger partial charge in [0.2, 0.25) is 0 Å². The van der Waals surface area contributed by atoms with Crippen LogP contribution in [0.1, 0.15) is 19.4 Å². The molecule has 1 aromatic carbocycles. The molecule has 1 aromatic rings. The third-order valence-electron chi connectivity index (χ3n) is 2.87. The lowest BCUT2D eigenvalue weighted by Crippen LogP contribution is -2.39. The molecule has 0 unspecified atom stereocenters. The number of carbonyl (C=O) groups excluding carboxylic acids is 1. The monoisotopic (exact) mass is 252 g/mol. The highest BCUT2D eigenvalue weighted by molar-refractivity contribution is 5.71. The Hall–Kier alpha value is -1.91. The molecule has 0 radical (unpaired) electrons. The number of nitrogens with two attached hydrogens (primary N) is 1. The number of rotatable bonds is 5. The zero-order valence-corrected chi connectivity index (χ0v) is 11.2. The molecule has 0 heterocycles. The normalized spacial score (nSPS) is 10.9. The van der Waals surface area contributed by atoms with Gasteiger partial charge in [0.15, 0.2) is 11.5 Å². The first kappa shape index (κ1) is 14.2. The van der Waals surface area contributed by atoms with Crippen LogP contribution in [0.25, 0.3) is 0 Å². The van der Waals surface area contributed by atoms with Crippen molar-refractivity contribution < 1.29 is 14.3 Å². The lowest BCUT2D eigenvalue weighted by Gasteiger charge is -2.26. The van der Waals surface area contributed by atoms with Crippen molar-refractivity contribution in [2.45, 2.75) is 19.3 Å². The maximum Gasteiger partial charge on any atom is 0.312 e. The molecule has 0 fully saturated rings. The van der Waals surface area contributed by atoms with Crippen LogP contribution in [0.5, 0.6) is 11.5 Å². The van der Waals surface area contributed by atoms with Gasteiger partial charge < -0.3 is 20.5 Å². The predicted molar refractivity (Wildman–Crippen MR) is 70.2 cm³/mol. The van der Waals surface area contributed by atoms with Gasteiger partial charge in [-0.1, -0.05) is 19.9 Å². The molecule has 5 heteroatoms. The lowest BCUT2D eigenvalue weighted by atomic mass is 9.84. The van der Waals surface area contributed by atoms with E-state index in [0.29, 0.717) is 18.0 Å². The van der Waals surface area contributed by atoms with Crippen molar-refractivity contribution in [2.24, 2.45) is 5.73 Å². The highest BCUT2D eigenvalue weighted by Crippen LogP contribution is 2.32. The molecular formula is C13H20N2O3. The third-order valence-corrected chi connectivity index (χ3v) is 2.87. The largest absolute Gasteiger partial charge is 0.493 e. The summed E-state index contributed by atoms with van der Waals surface area (Å²) >= 11 is 0. The van der Waals surface area contributed by atoms with E-state index in [1.165, 1.54) is 0 Å². The minimum absolute atomic E-state index is 0.241. The average molecular weight is 252 g/mol. The van der Waals surface area contributed by atoms with Gasteiger partial charge in [-0.25, -0.2) is 4.79 Å². The van der Waals surface area contributed by atoms with E-state index >= 15 is 0 Å². The zero-order valence-electron chi connectivity index (χ0n) is 11.2. The van der Waals surface area contributed by atoms with Crippen LogP contribution in [-0.2, 0) is 5.41 Å². The zero-order chi connectivity index (χ0) is 13.8. The first-order chi connectivity index (χ1) is 8.40.